The molecule has 0 aromatic heterocycles. The van der Waals surface area contributed by atoms with Crippen LogP contribution in [0.2, 0.25) is 10.0 Å². The number of carbonyl (C=O) groups excluding carboxylic acids is 1. The summed E-state index contributed by atoms with van der Waals surface area (Å²) in [7, 11) is 3.11. The van der Waals surface area contributed by atoms with Gasteiger partial charge in [-0.2, -0.15) is 5.10 Å². The van der Waals surface area contributed by atoms with Gasteiger partial charge in [-0.1, -0.05) is 47.5 Å². The molecule has 0 bridgehead atoms. The summed E-state index contributed by atoms with van der Waals surface area (Å²) in [5, 5.41) is 5.15. The van der Waals surface area contributed by atoms with Crippen molar-refractivity contribution < 1.29 is 19.0 Å². The molecule has 3 aromatic carbocycles. The smallest absolute Gasteiger partial charge is 0.244 e. The molecule has 0 radical (unpaired) electrons. The first-order valence-corrected chi connectivity index (χ1v) is 10.4. The van der Waals surface area contributed by atoms with Gasteiger partial charge in [0.25, 0.3) is 0 Å². The summed E-state index contributed by atoms with van der Waals surface area (Å²) < 4.78 is 16.3. The third-order valence-electron chi connectivity index (χ3n) is 4.48. The monoisotopic (exact) mass is 472 g/mol. The Balaban J connectivity index is 1.54. The molecule has 0 heterocycles. The number of nitrogens with one attached hydrogen (secondary N) is 1. The predicted octanol–water partition coefficient (Wildman–Crippen LogP) is 5.28. The van der Waals surface area contributed by atoms with E-state index in [0.717, 1.165) is 16.7 Å². The van der Waals surface area contributed by atoms with Gasteiger partial charge in [-0.25, -0.2) is 5.43 Å². The standard InChI is InChI=1S/C24H22Cl2N2O4/c1-30-22-9-6-16(11-23(22)31-2)12-24(29)28-27-14-17-4-3-5-20(10-17)32-15-18-7-8-19(25)13-21(18)26/h3-11,13-14H,12,15H2,1-2H3,(H,28,29)/b27-14+. The Hall–Kier alpha value is -3.22. The van der Waals surface area contributed by atoms with Crippen LogP contribution in [0.25, 0.3) is 0 Å². The number of amides is 1. The maximum Gasteiger partial charge on any atom is 0.244 e. The summed E-state index contributed by atoms with van der Waals surface area (Å²) in [6.45, 7) is 0.304. The molecule has 0 spiro atoms. The molecule has 0 aliphatic heterocycles. The fourth-order valence-corrected chi connectivity index (χ4v) is 3.34. The van der Waals surface area contributed by atoms with E-state index in [2.05, 4.69) is 10.5 Å². The van der Waals surface area contributed by atoms with Gasteiger partial charge in [-0.3, -0.25) is 4.79 Å². The Labute approximate surface area is 196 Å². The van der Waals surface area contributed by atoms with E-state index in [1.165, 1.54) is 0 Å². The van der Waals surface area contributed by atoms with Gasteiger partial charge in [0.15, 0.2) is 11.5 Å². The summed E-state index contributed by atoms with van der Waals surface area (Å²) in [5.41, 5.74) is 4.91. The Morgan fingerprint density at radius 1 is 1.00 bits per heavy atom. The van der Waals surface area contributed by atoms with Crippen molar-refractivity contribution in [1.29, 1.82) is 0 Å². The number of rotatable bonds is 9. The van der Waals surface area contributed by atoms with Gasteiger partial charge in [0.05, 0.1) is 26.9 Å². The quantitative estimate of drug-likeness (QED) is 0.339. The van der Waals surface area contributed by atoms with Gasteiger partial charge in [-0.05, 0) is 47.5 Å². The number of carbonyl (C=O) groups is 1. The number of halogens is 2. The molecule has 0 unspecified atom stereocenters. The van der Waals surface area contributed by atoms with Crippen molar-refractivity contribution in [1.82, 2.24) is 5.43 Å². The molecule has 1 N–H and O–H groups in total. The number of hydrazone groups is 1. The van der Waals surface area contributed by atoms with Crippen LogP contribution in [0.4, 0.5) is 0 Å². The normalized spacial score (nSPS) is 10.8. The summed E-state index contributed by atoms with van der Waals surface area (Å²) in [4.78, 5) is 12.2. The van der Waals surface area contributed by atoms with Crippen LogP contribution in [0.5, 0.6) is 17.2 Å². The lowest BCUT2D eigenvalue weighted by atomic mass is 10.1. The Bertz CT molecular complexity index is 1120. The van der Waals surface area contributed by atoms with Gasteiger partial charge >= 0.3 is 0 Å². The Morgan fingerprint density at radius 3 is 2.56 bits per heavy atom. The summed E-state index contributed by atoms with van der Waals surface area (Å²) in [6, 6.07) is 17.9. The fourth-order valence-electron chi connectivity index (χ4n) is 2.88. The highest BCUT2D eigenvalue weighted by Gasteiger charge is 2.08. The molecule has 0 fully saturated rings. The third kappa shape index (κ3) is 6.64. The number of methoxy groups -OCH3 is 2. The molecule has 166 valence electrons. The molecule has 1 amide bonds. The molecule has 0 saturated heterocycles. The third-order valence-corrected chi connectivity index (χ3v) is 5.07. The van der Waals surface area contributed by atoms with Crippen molar-refractivity contribution in [3.05, 3.63) is 87.4 Å². The van der Waals surface area contributed by atoms with Gasteiger partial charge in [0, 0.05) is 15.6 Å². The van der Waals surface area contributed by atoms with E-state index in [0.29, 0.717) is 33.9 Å². The van der Waals surface area contributed by atoms with Crippen molar-refractivity contribution in [2.75, 3.05) is 14.2 Å². The summed E-state index contributed by atoms with van der Waals surface area (Å²) >= 11 is 12.1. The van der Waals surface area contributed by atoms with Crippen LogP contribution in [-0.2, 0) is 17.8 Å². The van der Waals surface area contributed by atoms with E-state index in [9.17, 15) is 4.79 Å². The van der Waals surface area contributed by atoms with Crippen molar-refractivity contribution in [3.8, 4) is 17.2 Å². The average Bonchev–Trinajstić information content (AvgIpc) is 2.78. The zero-order valence-corrected chi connectivity index (χ0v) is 19.1. The minimum Gasteiger partial charge on any atom is -0.493 e. The molecule has 3 aromatic rings. The van der Waals surface area contributed by atoms with E-state index in [4.69, 9.17) is 37.4 Å². The van der Waals surface area contributed by atoms with Crippen molar-refractivity contribution >= 4 is 35.3 Å². The molecule has 0 atom stereocenters. The maximum absolute atomic E-state index is 12.2. The van der Waals surface area contributed by atoms with Gasteiger partial charge < -0.3 is 14.2 Å². The summed E-state index contributed by atoms with van der Waals surface area (Å²) in [5.74, 6) is 1.57. The fraction of sp³-hybridized carbons (Fsp3) is 0.167. The van der Waals surface area contributed by atoms with E-state index >= 15 is 0 Å². The molecule has 0 aliphatic rings. The largest absolute Gasteiger partial charge is 0.493 e. The second kappa shape index (κ2) is 11.4. The molecular weight excluding hydrogens is 451 g/mol. The molecular formula is C24H22Cl2N2O4. The first-order chi connectivity index (χ1) is 15.5. The van der Waals surface area contributed by atoms with E-state index < -0.39 is 0 Å². The van der Waals surface area contributed by atoms with Crippen LogP contribution < -0.4 is 19.6 Å². The van der Waals surface area contributed by atoms with Crippen molar-refractivity contribution in [3.63, 3.8) is 0 Å². The van der Waals surface area contributed by atoms with Crippen LogP contribution in [0, 0.1) is 0 Å². The van der Waals surface area contributed by atoms with E-state index in [1.54, 1.807) is 50.8 Å². The van der Waals surface area contributed by atoms with Crippen LogP contribution in [0.1, 0.15) is 16.7 Å². The Morgan fingerprint density at radius 2 is 1.81 bits per heavy atom. The van der Waals surface area contributed by atoms with Crippen LogP contribution in [0.15, 0.2) is 65.8 Å². The minimum absolute atomic E-state index is 0.155. The lowest BCUT2D eigenvalue weighted by molar-refractivity contribution is -0.120. The van der Waals surface area contributed by atoms with Crippen molar-refractivity contribution in [2.24, 2.45) is 5.10 Å². The number of benzene rings is 3. The first-order valence-electron chi connectivity index (χ1n) is 9.68. The van der Waals surface area contributed by atoms with E-state index in [1.807, 2.05) is 30.3 Å². The topological polar surface area (TPSA) is 69.2 Å². The van der Waals surface area contributed by atoms with Gasteiger partial charge in [0.1, 0.15) is 12.4 Å². The molecule has 3 rings (SSSR count). The average molecular weight is 473 g/mol. The number of ether oxygens (including phenoxy) is 3. The van der Waals surface area contributed by atoms with Crippen molar-refractivity contribution in [2.45, 2.75) is 13.0 Å². The second-order valence-electron chi connectivity index (χ2n) is 6.76. The zero-order valence-electron chi connectivity index (χ0n) is 17.6. The van der Waals surface area contributed by atoms with E-state index in [-0.39, 0.29) is 12.3 Å². The number of hydrogen-bond donors (Lipinski definition) is 1. The molecule has 0 aliphatic carbocycles. The van der Waals surface area contributed by atoms with Gasteiger partial charge in [0.2, 0.25) is 5.91 Å². The number of nitrogens with zero attached hydrogens (tertiary/aromatic N) is 1. The minimum atomic E-state index is -0.252. The summed E-state index contributed by atoms with van der Waals surface area (Å²) in [6.07, 6.45) is 1.71. The highest BCUT2D eigenvalue weighted by Crippen LogP contribution is 2.27. The molecule has 8 heteroatoms. The lowest BCUT2D eigenvalue weighted by Gasteiger charge is -2.09. The first kappa shape index (κ1) is 23.4. The van der Waals surface area contributed by atoms with Gasteiger partial charge in [-0.15, -0.1) is 0 Å². The second-order valence-corrected chi connectivity index (χ2v) is 7.60. The van der Waals surface area contributed by atoms with Crippen LogP contribution in [-0.4, -0.2) is 26.3 Å². The molecule has 32 heavy (non-hydrogen) atoms. The number of hydrogen-bond acceptors (Lipinski definition) is 5. The van der Waals surface area contributed by atoms with Crippen LogP contribution >= 0.6 is 23.2 Å². The zero-order chi connectivity index (χ0) is 22.9. The SMILES string of the molecule is COc1ccc(CC(=O)N/N=C/c2cccc(OCc3ccc(Cl)cc3Cl)c2)cc1OC. The maximum atomic E-state index is 12.2. The highest BCUT2D eigenvalue weighted by molar-refractivity contribution is 6.35. The predicted molar refractivity (Wildman–Crippen MR) is 126 cm³/mol. The highest BCUT2D eigenvalue weighted by atomic mass is 35.5. The lowest BCUT2D eigenvalue weighted by Crippen LogP contribution is -2.19. The molecule has 0 saturated carbocycles. The molecule has 6 nitrogen and oxygen atoms in total. The Kier molecular flexibility index (Phi) is 8.36. The van der Waals surface area contributed by atoms with Crippen LogP contribution in [0.3, 0.4) is 0 Å².